The minimum absolute atomic E-state index is 0.0602. The molecule has 0 bridgehead atoms. The van der Waals surface area contributed by atoms with Gasteiger partial charge < -0.3 is 9.80 Å². The Hall–Kier alpha value is -1.85. The number of carbonyl (C=O) groups is 2. The fraction of sp³-hybridized carbons (Fsp3) is 0.667. The molecule has 114 valence electrons. The highest BCUT2D eigenvalue weighted by Gasteiger charge is 2.39. The van der Waals surface area contributed by atoms with E-state index in [0.717, 1.165) is 18.4 Å². The standard InChI is InChI=1S/C15H22N4O2/c1-18(9-11-7-16-17-8-11)15(21)12-6-14(20)19(10-12)13-4-2-3-5-13/h7-8,12-13H,2-6,9-10H2,1H3,(H,16,17). The summed E-state index contributed by atoms with van der Waals surface area (Å²) in [4.78, 5) is 28.3. The number of rotatable bonds is 4. The average molecular weight is 290 g/mol. The summed E-state index contributed by atoms with van der Waals surface area (Å²) in [6.45, 7) is 1.13. The smallest absolute Gasteiger partial charge is 0.228 e. The van der Waals surface area contributed by atoms with Crippen LogP contribution in [-0.4, -0.2) is 51.4 Å². The number of aromatic nitrogens is 2. The lowest BCUT2D eigenvalue weighted by Crippen LogP contribution is -2.37. The molecule has 0 spiro atoms. The highest BCUT2D eigenvalue weighted by atomic mass is 16.2. The summed E-state index contributed by atoms with van der Waals surface area (Å²) >= 11 is 0. The van der Waals surface area contributed by atoms with Crippen molar-refractivity contribution in [2.45, 2.75) is 44.7 Å². The third-order valence-corrected chi connectivity index (χ3v) is 4.62. The minimum Gasteiger partial charge on any atom is -0.341 e. The number of amides is 2. The first-order chi connectivity index (χ1) is 10.1. The van der Waals surface area contributed by atoms with Gasteiger partial charge in [0.2, 0.25) is 11.8 Å². The van der Waals surface area contributed by atoms with Crippen molar-refractivity contribution in [3.05, 3.63) is 18.0 Å². The molecule has 1 aliphatic heterocycles. The second-order valence-corrected chi connectivity index (χ2v) is 6.19. The van der Waals surface area contributed by atoms with Gasteiger partial charge in [-0.15, -0.1) is 0 Å². The van der Waals surface area contributed by atoms with Gasteiger partial charge in [0.1, 0.15) is 0 Å². The number of H-pyrrole nitrogens is 1. The third kappa shape index (κ3) is 2.94. The second-order valence-electron chi connectivity index (χ2n) is 6.19. The summed E-state index contributed by atoms with van der Waals surface area (Å²) in [5, 5.41) is 6.63. The first-order valence-corrected chi connectivity index (χ1v) is 7.67. The van der Waals surface area contributed by atoms with Crippen LogP contribution in [0.5, 0.6) is 0 Å². The third-order valence-electron chi connectivity index (χ3n) is 4.62. The molecule has 2 heterocycles. The number of nitrogens with one attached hydrogen (secondary N) is 1. The Labute approximate surface area is 124 Å². The lowest BCUT2D eigenvalue weighted by Gasteiger charge is -2.25. The van der Waals surface area contributed by atoms with Crippen LogP contribution in [0.2, 0.25) is 0 Å². The minimum atomic E-state index is -0.185. The van der Waals surface area contributed by atoms with Crippen molar-refractivity contribution >= 4 is 11.8 Å². The van der Waals surface area contributed by atoms with E-state index < -0.39 is 0 Å². The van der Waals surface area contributed by atoms with E-state index in [1.54, 1.807) is 24.3 Å². The van der Waals surface area contributed by atoms with Crippen molar-refractivity contribution < 1.29 is 9.59 Å². The molecule has 3 rings (SSSR count). The lowest BCUT2D eigenvalue weighted by atomic mass is 10.1. The van der Waals surface area contributed by atoms with Crippen LogP contribution < -0.4 is 0 Å². The highest BCUT2D eigenvalue weighted by molar-refractivity contribution is 5.89. The normalized spacial score (nSPS) is 23.0. The van der Waals surface area contributed by atoms with E-state index in [2.05, 4.69) is 10.2 Å². The van der Waals surface area contributed by atoms with Gasteiger partial charge in [-0.25, -0.2) is 0 Å². The molecule has 6 nitrogen and oxygen atoms in total. The zero-order valence-corrected chi connectivity index (χ0v) is 12.4. The predicted octanol–water partition coefficient (Wildman–Crippen LogP) is 1.16. The van der Waals surface area contributed by atoms with Crippen LogP contribution in [0.15, 0.2) is 12.4 Å². The van der Waals surface area contributed by atoms with Gasteiger partial charge in [-0.1, -0.05) is 12.8 Å². The molecule has 0 aromatic carbocycles. The molecule has 1 aliphatic carbocycles. The van der Waals surface area contributed by atoms with Gasteiger partial charge in [0.25, 0.3) is 0 Å². The molecule has 2 aliphatic rings. The molecule has 1 saturated carbocycles. The van der Waals surface area contributed by atoms with Crippen LogP contribution in [0.25, 0.3) is 0 Å². The maximum absolute atomic E-state index is 12.5. The van der Waals surface area contributed by atoms with Crippen molar-refractivity contribution in [2.75, 3.05) is 13.6 Å². The first kappa shape index (κ1) is 14.1. The Morgan fingerprint density at radius 1 is 1.48 bits per heavy atom. The van der Waals surface area contributed by atoms with Crippen LogP contribution in [0.3, 0.4) is 0 Å². The van der Waals surface area contributed by atoms with Crippen molar-refractivity contribution in [3.8, 4) is 0 Å². The maximum atomic E-state index is 12.5. The number of hydrogen-bond acceptors (Lipinski definition) is 3. The van der Waals surface area contributed by atoms with Gasteiger partial charge in [0, 0.05) is 44.4 Å². The van der Waals surface area contributed by atoms with E-state index in [1.807, 2.05) is 4.90 Å². The molecule has 2 amide bonds. The number of hydrogen-bond donors (Lipinski definition) is 1. The molecule has 1 aromatic heterocycles. The van der Waals surface area contributed by atoms with Gasteiger partial charge in [-0.3, -0.25) is 14.7 Å². The molecule has 2 fully saturated rings. The Kier molecular flexibility index (Phi) is 3.94. The average Bonchev–Trinajstić information content (AvgIpc) is 3.17. The quantitative estimate of drug-likeness (QED) is 0.904. The Bertz CT molecular complexity index is 508. The molecular weight excluding hydrogens is 268 g/mol. The summed E-state index contributed by atoms with van der Waals surface area (Å²) in [5.41, 5.74) is 0.975. The van der Waals surface area contributed by atoms with Crippen LogP contribution in [0.1, 0.15) is 37.7 Å². The molecule has 0 radical (unpaired) electrons. The van der Waals surface area contributed by atoms with E-state index in [4.69, 9.17) is 0 Å². The number of carbonyl (C=O) groups excluding carboxylic acids is 2. The molecule has 1 saturated heterocycles. The Morgan fingerprint density at radius 2 is 2.24 bits per heavy atom. The van der Waals surface area contributed by atoms with Crippen molar-refractivity contribution in [1.82, 2.24) is 20.0 Å². The summed E-state index contributed by atoms with van der Waals surface area (Å²) in [7, 11) is 1.79. The molecule has 6 heteroatoms. The van der Waals surface area contributed by atoms with Gasteiger partial charge >= 0.3 is 0 Å². The zero-order valence-electron chi connectivity index (χ0n) is 12.4. The van der Waals surface area contributed by atoms with Crippen molar-refractivity contribution in [3.63, 3.8) is 0 Å². The fourth-order valence-corrected chi connectivity index (χ4v) is 3.49. The summed E-state index contributed by atoms with van der Waals surface area (Å²) in [5.74, 6) is 0.0250. The van der Waals surface area contributed by atoms with Crippen molar-refractivity contribution in [2.24, 2.45) is 5.92 Å². The summed E-state index contributed by atoms with van der Waals surface area (Å²) < 4.78 is 0. The molecule has 1 N–H and O–H groups in total. The topological polar surface area (TPSA) is 69.3 Å². The van der Waals surface area contributed by atoms with Gasteiger partial charge in [-0.2, -0.15) is 5.10 Å². The lowest BCUT2D eigenvalue weighted by molar-refractivity contribution is -0.135. The van der Waals surface area contributed by atoms with E-state index in [9.17, 15) is 9.59 Å². The predicted molar refractivity (Wildman–Crippen MR) is 77.1 cm³/mol. The summed E-state index contributed by atoms with van der Waals surface area (Å²) in [6.07, 6.45) is 8.46. The zero-order chi connectivity index (χ0) is 14.8. The molecular formula is C15H22N4O2. The summed E-state index contributed by atoms with van der Waals surface area (Å²) in [6, 6.07) is 0.370. The van der Waals surface area contributed by atoms with Gasteiger partial charge in [0.05, 0.1) is 12.1 Å². The van der Waals surface area contributed by atoms with E-state index in [-0.39, 0.29) is 17.7 Å². The van der Waals surface area contributed by atoms with E-state index in [0.29, 0.717) is 25.6 Å². The largest absolute Gasteiger partial charge is 0.341 e. The van der Waals surface area contributed by atoms with Crippen LogP contribution in [-0.2, 0) is 16.1 Å². The SMILES string of the molecule is CN(Cc1cn[nH]c1)C(=O)C1CC(=O)N(C2CCCC2)C1. The molecule has 1 aromatic rings. The number of nitrogens with zero attached hydrogens (tertiary/aromatic N) is 3. The Balaban J connectivity index is 1.59. The van der Waals surface area contributed by atoms with Gasteiger partial charge in [-0.05, 0) is 12.8 Å². The fourth-order valence-electron chi connectivity index (χ4n) is 3.49. The molecule has 1 unspecified atom stereocenters. The second kappa shape index (κ2) is 5.87. The first-order valence-electron chi connectivity index (χ1n) is 7.67. The van der Waals surface area contributed by atoms with Crippen LogP contribution >= 0.6 is 0 Å². The number of aromatic amines is 1. The monoisotopic (exact) mass is 290 g/mol. The molecule has 1 atom stereocenters. The van der Waals surface area contributed by atoms with Gasteiger partial charge in [0.15, 0.2) is 0 Å². The van der Waals surface area contributed by atoms with Crippen LogP contribution in [0.4, 0.5) is 0 Å². The Morgan fingerprint density at radius 3 is 2.90 bits per heavy atom. The van der Waals surface area contributed by atoms with Crippen LogP contribution in [0, 0.1) is 5.92 Å². The maximum Gasteiger partial charge on any atom is 0.228 e. The van der Waals surface area contributed by atoms with E-state index in [1.165, 1.54) is 12.8 Å². The van der Waals surface area contributed by atoms with Crippen molar-refractivity contribution in [1.29, 1.82) is 0 Å². The molecule has 21 heavy (non-hydrogen) atoms. The van der Waals surface area contributed by atoms with E-state index >= 15 is 0 Å². The highest BCUT2D eigenvalue weighted by Crippen LogP contribution is 2.30. The number of likely N-dealkylation sites (tertiary alicyclic amines) is 1.